The Kier molecular flexibility index (Phi) is 4.64. The summed E-state index contributed by atoms with van der Waals surface area (Å²) >= 11 is 11.9. The monoisotopic (exact) mass is 337 g/mol. The molecule has 1 fully saturated rings. The maximum absolute atomic E-state index is 6.02. The number of nitrogens with zero attached hydrogens (tertiary/aromatic N) is 4. The molecular weight excluding hydrogens is 321 g/mol. The Morgan fingerprint density at radius 1 is 1.27 bits per heavy atom. The van der Waals surface area contributed by atoms with Crippen molar-refractivity contribution < 1.29 is 0 Å². The third-order valence-electron chi connectivity index (χ3n) is 3.68. The Morgan fingerprint density at radius 2 is 2.14 bits per heavy atom. The van der Waals surface area contributed by atoms with Crippen molar-refractivity contribution in [2.75, 3.05) is 23.3 Å². The fourth-order valence-corrected chi connectivity index (χ4v) is 2.88. The van der Waals surface area contributed by atoms with Gasteiger partial charge in [0.05, 0.1) is 16.2 Å². The second-order valence-electron chi connectivity index (χ2n) is 5.59. The molecule has 2 heterocycles. The first-order valence-electron chi connectivity index (χ1n) is 7.28. The highest BCUT2D eigenvalue weighted by Crippen LogP contribution is 2.27. The van der Waals surface area contributed by atoms with Crippen molar-refractivity contribution in [1.82, 2.24) is 15.2 Å². The van der Waals surface area contributed by atoms with Gasteiger partial charge < -0.3 is 10.2 Å². The van der Waals surface area contributed by atoms with Gasteiger partial charge in [-0.05, 0) is 37.0 Å². The summed E-state index contributed by atoms with van der Waals surface area (Å²) in [4.78, 5) is 6.73. The van der Waals surface area contributed by atoms with Crippen molar-refractivity contribution in [2.45, 2.75) is 19.8 Å². The fourth-order valence-electron chi connectivity index (χ4n) is 2.58. The number of rotatable bonds is 3. The zero-order valence-corrected chi connectivity index (χ0v) is 13.8. The number of benzene rings is 1. The maximum Gasteiger partial charge on any atom is 0.247 e. The quantitative estimate of drug-likeness (QED) is 0.911. The molecule has 5 nitrogen and oxygen atoms in total. The van der Waals surface area contributed by atoms with Gasteiger partial charge >= 0.3 is 0 Å². The van der Waals surface area contributed by atoms with Crippen LogP contribution in [0.4, 0.5) is 17.5 Å². The van der Waals surface area contributed by atoms with Crippen LogP contribution < -0.4 is 10.2 Å². The SMILES string of the molecule is CC1CCCN(c2nncc(Nc3ccc(Cl)c(Cl)c3)n2)C1. The standard InChI is InChI=1S/C15H17Cl2N5/c1-10-3-2-6-22(9-10)15-20-14(8-18-21-15)19-11-4-5-12(16)13(17)7-11/h4-5,7-8,10H,2-3,6,9H2,1H3,(H,19,20,21). The van der Waals surface area contributed by atoms with E-state index < -0.39 is 0 Å². The molecule has 0 amide bonds. The molecule has 2 aromatic rings. The smallest absolute Gasteiger partial charge is 0.247 e. The van der Waals surface area contributed by atoms with E-state index in [0.29, 0.717) is 27.7 Å². The largest absolute Gasteiger partial charge is 0.339 e. The average Bonchev–Trinajstić information content (AvgIpc) is 2.51. The summed E-state index contributed by atoms with van der Waals surface area (Å²) in [5.74, 6) is 1.96. The predicted molar refractivity (Wildman–Crippen MR) is 90.2 cm³/mol. The number of piperidine rings is 1. The second kappa shape index (κ2) is 6.67. The van der Waals surface area contributed by atoms with Gasteiger partial charge in [-0.2, -0.15) is 10.1 Å². The van der Waals surface area contributed by atoms with Gasteiger partial charge in [0, 0.05) is 18.8 Å². The number of hydrogen-bond donors (Lipinski definition) is 1. The van der Waals surface area contributed by atoms with Gasteiger partial charge in [-0.25, -0.2) is 0 Å². The van der Waals surface area contributed by atoms with Crippen LogP contribution in [0.1, 0.15) is 19.8 Å². The lowest BCUT2D eigenvalue weighted by Gasteiger charge is -2.30. The molecule has 1 aliphatic rings. The summed E-state index contributed by atoms with van der Waals surface area (Å²) in [5.41, 5.74) is 0.813. The van der Waals surface area contributed by atoms with Crippen LogP contribution in [0.5, 0.6) is 0 Å². The summed E-state index contributed by atoms with van der Waals surface area (Å²) in [6, 6.07) is 5.35. The molecule has 1 aromatic carbocycles. The van der Waals surface area contributed by atoms with Crippen molar-refractivity contribution in [1.29, 1.82) is 0 Å². The van der Waals surface area contributed by atoms with Crippen molar-refractivity contribution in [3.8, 4) is 0 Å². The number of aromatic nitrogens is 3. The summed E-state index contributed by atoms with van der Waals surface area (Å²) < 4.78 is 0. The molecule has 1 N–H and O–H groups in total. The minimum Gasteiger partial charge on any atom is -0.339 e. The normalized spacial score (nSPS) is 18.3. The van der Waals surface area contributed by atoms with Crippen molar-refractivity contribution in [2.24, 2.45) is 5.92 Å². The molecule has 22 heavy (non-hydrogen) atoms. The van der Waals surface area contributed by atoms with Gasteiger partial charge in [0.15, 0.2) is 5.82 Å². The number of halogens is 2. The third-order valence-corrected chi connectivity index (χ3v) is 4.42. The first-order chi connectivity index (χ1) is 10.6. The van der Waals surface area contributed by atoms with Gasteiger partial charge in [0.25, 0.3) is 0 Å². The van der Waals surface area contributed by atoms with Crippen LogP contribution >= 0.6 is 23.2 Å². The summed E-state index contributed by atoms with van der Waals surface area (Å²) in [5, 5.41) is 12.4. The Morgan fingerprint density at radius 3 is 2.91 bits per heavy atom. The van der Waals surface area contributed by atoms with E-state index in [1.54, 1.807) is 18.3 Å². The van der Waals surface area contributed by atoms with Crippen molar-refractivity contribution >= 4 is 40.7 Å². The van der Waals surface area contributed by atoms with E-state index in [1.807, 2.05) is 6.07 Å². The van der Waals surface area contributed by atoms with Gasteiger partial charge in [-0.3, -0.25) is 0 Å². The third kappa shape index (κ3) is 3.59. The van der Waals surface area contributed by atoms with Crippen LogP contribution in [-0.4, -0.2) is 28.3 Å². The van der Waals surface area contributed by atoms with E-state index in [0.717, 1.165) is 25.2 Å². The van der Waals surface area contributed by atoms with Crippen LogP contribution in [-0.2, 0) is 0 Å². The summed E-state index contributed by atoms with van der Waals surface area (Å²) in [6.07, 6.45) is 4.01. The van der Waals surface area contributed by atoms with E-state index in [1.165, 1.54) is 6.42 Å². The molecule has 1 aliphatic heterocycles. The molecule has 7 heteroatoms. The van der Waals surface area contributed by atoms with Crippen LogP contribution in [0.2, 0.25) is 10.0 Å². The summed E-state index contributed by atoms with van der Waals surface area (Å²) in [6.45, 7) is 4.19. The molecule has 3 rings (SSSR count). The van der Waals surface area contributed by atoms with Gasteiger partial charge in [-0.1, -0.05) is 30.1 Å². The van der Waals surface area contributed by atoms with Crippen LogP contribution in [0.15, 0.2) is 24.4 Å². The molecule has 1 aromatic heterocycles. The van der Waals surface area contributed by atoms with Crippen LogP contribution in [0, 0.1) is 5.92 Å². The minimum atomic E-state index is 0.499. The first-order valence-corrected chi connectivity index (χ1v) is 8.04. The zero-order chi connectivity index (χ0) is 15.5. The van der Waals surface area contributed by atoms with E-state index in [4.69, 9.17) is 23.2 Å². The van der Waals surface area contributed by atoms with E-state index in [2.05, 4.69) is 32.3 Å². The molecule has 116 valence electrons. The molecule has 1 unspecified atom stereocenters. The van der Waals surface area contributed by atoms with Crippen molar-refractivity contribution in [3.63, 3.8) is 0 Å². The summed E-state index contributed by atoms with van der Waals surface area (Å²) in [7, 11) is 0. The number of hydrogen-bond acceptors (Lipinski definition) is 5. The van der Waals surface area contributed by atoms with E-state index in [9.17, 15) is 0 Å². The molecular formula is C15H17Cl2N5. The van der Waals surface area contributed by atoms with E-state index >= 15 is 0 Å². The molecule has 0 spiro atoms. The minimum absolute atomic E-state index is 0.499. The van der Waals surface area contributed by atoms with Gasteiger partial charge in [-0.15, -0.1) is 5.10 Å². The second-order valence-corrected chi connectivity index (χ2v) is 6.40. The molecule has 0 saturated carbocycles. The molecule has 0 aliphatic carbocycles. The Labute approximate surface area is 139 Å². The maximum atomic E-state index is 6.02. The Balaban J connectivity index is 1.77. The number of anilines is 3. The lowest BCUT2D eigenvalue weighted by Crippen LogP contribution is -2.35. The predicted octanol–water partition coefficient (Wildman–Crippen LogP) is 4.16. The molecule has 0 bridgehead atoms. The molecule has 0 radical (unpaired) electrons. The number of nitrogens with one attached hydrogen (secondary N) is 1. The van der Waals surface area contributed by atoms with Gasteiger partial charge in [0.1, 0.15) is 0 Å². The lowest BCUT2D eigenvalue weighted by atomic mass is 10.0. The lowest BCUT2D eigenvalue weighted by molar-refractivity contribution is 0.441. The highest BCUT2D eigenvalue weighted by atomic mass is 35.5. The van der Waals surface area contributed by atoms with E-state index in [-0.39, 0.29) is 0 Å². The fraction of sp³-hybridized carbons (Fsp3) is 0.400. The highest BCUT2D eigenvalue weighted by Gasteiger charge is 2.19. The topological polar surface area (TPSA) is 53.9 Å². The zero-order valence-electron chi connectivity index (χ0n) is 12.3. The van der Waals surface area contributed by atoms with Crippen LogP contribution in [0.3, 0.4) is 0 Å². The van der Waals surface area contributed by atoms with Crippen molar-refractivity contribution in [3.05, 3.63) is 34.4 Å². The molecule has 1 atom stereocenters. The highest BCUT2D eigenvalue weighted by molar-refractivity contribution is 6.42. The Bertz CT molecular complexity index is 664. The average molecular weight is 338 g/mol. The van der Waals surface area contributed by atoms with Crippen LogP contribution in [0.25, 0.3) is 0 Å². The molecule has 1 saturated heterocycles. The first kappa shape index (κ1) is 15.3. The Hall–Kier alpha value is -1.59. The van der Waals surface area contributed by atoms with Gasteiger partial charge in [0.2, 0.25) is 5.95 Å².